The lowest BCUT2D eigenvalue weighted by Crippen LogP contribution is -2.51. The van der Waals surface area contributed by atoms with Crippen molar-refractivity contribution >= 4 is 11.4 Å². The van der Waals surface area contributed by atoms with Crippen molar-refractivity contribution in [3.63, 3.8) is 0 Å². The lowest BCUT2D eigenvalue weighted by Gasteiger charge is -2.54. The summed E-state index contributed by atoms with van der Waals surface area (Å²) in [4.78, 5) is 11.0. The SMILES string of the molecule is Cc1ccc([N+](=O)[O-])c(NC2C3CC4CC(C3)CC2C4)c1. The summed E-state index contributed by atoms with van der Waals surface area (Å²) in [7, 11) is 0. The minimum Gasteiger partial charge on any atom is -0.376 e. The number of nitro benzene ring substituents is 1. The van der Waals surface area contributed by atoms with Crippen LogP contribution >= 0.6 is 0 Å². The van der Waals surface area contributed by atoms with Gasteiger partial charge in [-0.15, -0.1) is 0 Å². The van der Waals surface area contributed by atoms with Gasteiger partial charge in [-0.2, -0.15) is 0 Å². The van der Waals surface area contributed by atoms with E-state index in [1.165, 1.54) is 32.1 Å². The molecule has 0 atom stereocenters. The van der Waals surface area contributed by atoms with Crippen molar-refractivity contribution in [2.45, 2.75) is 45.1 Å². The minimum absolute atomic E-state index is 0.217. The van der Waals surface area contributed by atoms with E-state index in [0.717, 1.165) is 34.9 Å². The van der Waals surface area contributed by atoms with Crippen LogP contribution in [-0.4, -0.2) is 11.0 Å². The molecule has 1 aromatic carbocycles. The molecule has 112 valence electrons. The molecule has 4 bridgehead atoms. The third-order valence-corrected chi connectivity index (χ3v) is 5.90. The van der Waals surface area contributed by atoms with Gasteiger partial charge in [0.15, 0.2) is 0 Å². The Morgan fingerprint density at radius 2 is 1.71 bits per heavy atom. The number of benzene rings is 1. The number of hydrogen-bond donors (Lipinski definition) is 1. The number of aryl methyl sites for hydroxylation is 1. The van der Waals surface area contributed by atoms with Gasteiger partial charge in [0, 0.05) is 12.1 Å². The van der Waals surface area contributed by atoms with Gasteiger partial charge in [0.2, 0.25) is 0 Å². The first kappa shape index (κ1) is 13.1. The second-order valence-corrected chi connectivity index (χ2v) is 7.38. The van der Waals surface area contributed by atoms with Crippen LogP contribution < -0.4 is 5.32 Å². The summed E-state index contributed by atoms with van der Waals surface area (Å²) in [5.74, 6) is 3.30. The quantitative estimate of drug-likeness (QED) is 0.671. The Morgan fingerprint density at radius 3 is 2.29 bits per heavy atom. The average Bonchev–Trinajstić information content (AvgIpc) is 2.41. The van der Waals surface area contributed by atoms with Gasteiger partial charge in [0.1, 0.15) is 5.69 Å². The smallest absolute Gasteiger partial charge is 0.292 e. The molecule has 0 aliphatic heterocycles. The molecule has 4 aliphatic carbocycles. The molecule has 0 saturated heterocycles. The summed E-state index contributed by atoms with van der Waals surface area (Å²) in [6, 6.07) is 5.83. The Balaban J connectivity index is 1.61. The van der Waals surface area contributed by atoms with Gasteiger partial charge < -0.3 is 5.32 Å². The molecule has 0 heterocycles. The zero-order valence-electron chi connectivity index (χ0n) is 12.4. The fourth-order valence-corrected chi connectivity index (χ4v) is 5.27. The number of rotatable bonds is 3. The Bertz CT molecular complexity index is 556. The van der Waals surface area contributed by atoms with Gasteiger partial charge in [-0.1, -0.05) is 6.07 Å². The molecule has 1 aromatic rings. The Morgan fingerprint density at radius 1 is 1.10 bits per heavy atom. The van der Waals surface area contributed by atoms with E-state index in [1.807, 2.05) is 19.1 Å². The van der Waals surface area contributed by atoms with Crippen molar-refractivity contribution in [3.8, 4) is 0 Å². The van der Waals surface area contributed by atoms with Crippen molar-refractivity contribution in [2.24, 2.45) is 23.7 Å². The molecule has 0 amide bonds. The average molecular weight is 286 g/mol. The predicted octanol–water partition coefficient (Wildman–Crippen LogP) is 4.14. The van der Waals surface area contributed by atoms with Crippen LogP contribution in [0.25, 0.3) is 0 Å². The van der Waals surface area contributed by atoms with E-state index in [4.69, 9.17) is 0 Å². The number of nitro groups is 1. The monoisotopic (exact) mass is 286 g/mol. The summed E-state index contributed by atoms with van der Waals surface area (Å²) in [6.07, 6.45) is 6.73. The van der Waals surface area contributed by atoms with E-state index < -0.39 is 0 Å². The molecular formula is C17H22N2O2. The molecular weight excluding hydrogens is 264 g/mol. The number of anilines is 1. The molecule has 21 heavy (non-hydrogen) atoms. The Hall–Kier alpha value is -1.58. The first-order valence-corrected chi connectivity index (χ1v) is 8.11. The van der Waals surface area contributed by atoms with Crippen LogP contribution in [0.3, 0.4) is 0 Å². The maximum Gasteiger partial charge on any atom is 0.292 e. The lowest BCUT2D eigenvalue weighted by atomic mass is 9.54. The van der Waals surface area contributed by atoms with Gasteiger partial charge in [-0.3, -0.25) is 10.1 Å². The molecule has 0 unspecified atom stereocenters. The minimum atomic E-state index is -0.266. The van der Waals surface area contributed by atoms with Crippen LogP contribution in [0.2, 0.25) is 0 Å². The normalized spacial score (nSPS) is 36.7. The van der Waals surface area contributed by atoms with Crippen LogP contribution in [0.5, 0.6) is 0 Å². The van der Waals surface area contributed by atoms with Crippen LogP contribution in [-0.2, 0) is 0 Å². The Kier molecular flexibility index (Phi) is 2.95. The number of nitrogens with one attached hydrogen (secondary N) is 1. The van der Waals surface area contributed by atoms with Crippen molar-refractivity contribution in [3.05, 3.63) is 33.9 Å². The van der Waals surface area contributed by atoms with Gasteiger partial charge in [-0.05, 0) is 74.3 Å². The molecule has 4 heteroatoms. The zero-order valence-corrected chi connectivity index (χ0v) is 12.4. The van der Waals surface area contributed by atoms with Crippen LogP contribution in [0.15, 0.2) is 18.2 Å². The molecule has 0 radical (unpaired) electrons. The molecule has 1 N–H and O–H groups in total. The molecule has 4 nitrogen and oxygen atoms in total. The van der Waals surface area contributed by atoms with E-state index in [2.05, 4.69) is 5.32 Å². The maximum atomic E-state index is 11.2. The third kappa shape index (κ3) is 2.21. The van der Waals surface area contributed by atoms with E-state index in [9.17, 15) is 10.1 Å². The van der Waals surface area contributed by atoms with Gasteiger partial charge in [0.25, 0.3) is 5.69 Å². The Labute approximate surface area is 125 Å². The van der Waals surface area contributed by atoms with Crippen LogP contribution in [0, 0.1) is 40.7 Å². The van der Waals surface area contributed by atoms with Crippen LogP contribution in [0.1, 0.15) is 37.7 Å². The standard InChI is InChI=1S/C17H22N2O2/c1-10-2-3-16(19(20)21)15(4-10)18-17-13-6-11-5-12(8-13)9-14(17)7-11/h2-4,11-14,17-18H,5-9H2,1H3. The summed E-state index contributed by atoms with van der Waals surface area (Å²) < 4.78 is 0. The first-order chi connectivity index (χ1) is 10.1. The highest BCUT2D eigenvalue weighted by atomic mass is 16.6. The van der Waals surface area contributed by atoms with Crippen molar-refractivity contribution < 1.29 is 4.92 Å². The molecule has 4 aliphatic rings. The largest absolute Gasteiger partial charge is 0.376 e. The summed E-state index contributed by atoms with van der Waals surface area (Å²) in [5, 5.41) is 14.8. The predicted molar refractivity (Wildman–Crippen MR) is 82.3 cm³/mol. The third-order valence-electron chi connectivity index (χ3n) is 5.90. The fourth-order valence-electron chi connectivity index (χ4n) is 5.27. The second kappa shape index (κ2) is 4.72. The van der Waals surface area contributed by atoms with Gasteiger partial charge >= 0.3 is 0 Å². The maximum absolute atomic E-state index is 11.2. The summed E-state index contributed by atoms with van der Waals surface area (Å²) in [6.45, 7) is 1.99. The zero-order chi connectivity index (χ0) is 14.6. The fraction of sp³-hybridized carbons (Fsp3) is 0.647. The van der Waals surface area contributed by atoms with Gasteiger partial charge in [-0.25, -0.2) is 0 Å². The summed E-state index contributed by atoms with van der Waals surface area (Å²) >= 11 is 0. The molecule has 4 saturated carbocycles. The lowest BCUT2D eigenvalue weighted by molar-refractivity contribution is -0.384. The van der Waals surface area contributed by atoms with E-state index in [1.54, 1.807) is 6.07 Å². The van der Waals surface area contributed by atoms with Gasteiger partial charge in [0.05, 0.1) is 4.92 Å². The number of hydrogen-bond acceptors (Lipinski definition) is 3. The number of nitrogens with zero attached hydrogens (tertiary/aromatic N) is 1. The highest BCUT2D eigenvalue weighted by molar-refractivity contribution is 5.63. The van der Waals surface area contributed by atoms with Crippen LogP contribution in [0.4, 0.5) is 11.4 Å². The molecule has 4 fully saturated rings. The molecule has 5 rings (SSSR count). The first-order valence-electron chi connectivity index (χ1n) is 8.11. The van der Waals surface area contributed by atoms with E-state index >= 15 is 0 Å². The van der Waals surface area contributed by atoms with E-state index in [-0.39, 0.29) is 10.6 Å². The molecule has 0 aromatic heterocycles. The second-order valence-electron chi connectivity index (χ2n) is 7.38. The van der Waals surface area contributed by atoms with Crippen molar-refractivity contribution in [1.29, 1.82) is 0 Å². The molecule has 0 spiro atoms. The van der Waals surface area contributed by atoms with Crippen molar-refractivity contribution in [1.82, 2.24) is 0 Å². The van der Waals surface area contributed by atoms with Crippen molar-refractivity contribution in [2.75, 3.05) is 5.32 Å². The highest BCUT2D eigenvalue weighted by Gasteiger charge is 2.48. The summed E-state index contributed by atoms with van der Waals surface area (Å²) in [5.41, 5.74) is 2.01. The van der Waals surface area contributed by atoms with E-state index in [0.29, 0.717) is 6.04 Å². The highest BCUT2D eigenvalue weighted by Crippen LogP contribution is 2.54. The topological polar surface area (TPSA) is 55.2 Å².